The Balaban J connectivity index is 4.85. The number of carboxylic acids is 1. The summed E-state index contributed by atoms with van der Waals surface area (Å²) in [7, 11) is 0. The summed E-state index contributed by atoms with van der Waals surface area (Å²) in [6, 6.07) is -3.28. The van der Waals surface area contributed by atoms with Gasteiger partial charge in [-0.1, -0.05) is 0 Å². The van der Waals surface area contributed by atoms with Crippen LogP contribution < -0.4 is 33.2 Å². The van der Waals surface area contributed by atoms with Crippen molar-refractivity contribution in [1.29, 1.82) is 0 Å². The van der Waals surface area contributed by atoms with Crippen LogP contribution >= 0.6 is 0 Å². The van der Waals surface area contributed by atoms with E-state index in [1.165, 1.54) is 6.92 Å². The van der Waals surface area contributed by atoms with Crippen molar-refractivity contribution < 1.29 is 29.4 Å². The Kier molecular flexibility index (Phi) is 11.1. The molecular formula is C14H27N7O6. The number of nitrogens with zero attached hydrogens (tertiary/aromatic N) is 1. The molecule has 3 atom stereocenters. The highest BCUT2D eigenvalue weighted by Gasteiger charge is 2.25. The van der Waals surface area contributed by atoms with Gasteiger partial charge in [0, 0.05) is 6.54 Å². The Morgan fingerprint density at radius 2 is 1.70 bits per heavy atom. The van der Waals surface area contributed by atoms with Crippen LogP contribution in [-0.4, -0.2) is 77.7 Å². The minimum atomic E-state index is -1.24. The van der Waals surface area contributed by atoms with Crippen molar-refractivity contribution in [2.45, 2.75) is 37.9 Å². The van der Waals surface area contributed by atoms with Crippen molar-refractivity contribution in [3.63, 3.8) is 0 Å². The summed E-state index contributed by atoms with van der Waals surface area (Å²) < 4.78 is 0. The van der Waals surface area contributed by atoms with Crippen molar-refractivity contribution in [2.24, 2.45) is 22.2 Å². The van der Waals surface area contributed by atoms with E-state index in [0.717, 1.165) is 0 Å². The lowest BCUT2D eigenvalue weighted by Crippen LogP contribution is -2.55. The van der Waals surface area contributed by atoms with E-state index in [-0.39, 0.29) is 18.9 Å². The fourth-order valence-electron chi connectivity index (χ4n) is 1.82. The molecule has 0 aromatic rings. The van der Waals surface area contributed by atoms with Crippen LogP contribution in [0.1, 0.15) is 19.8 Å². The Morgan fingerprint density at radius 1 is 1.07 bits per heavy atom. The third-order valence-electron chi connectivity index (χ3n) is 3.28. The van der Waals surface area contributed by atoms with Crippen molar-refractivity contribution in [3.8, 4) is 0 Å². The molecule has 3 unspecified atom stereocenters. The first-order valence-corrected chi connectivity index (χ1v) is 8.10. The first kappa shape index (κ1) is 24.1. The number of carboxylic acid groups (broad SMARTS) is 1. The maximum atomic E-state index is 12.2. The van der Waals surface area contributed by atoms with Gasteiger partial charge in [0.15, 0.2) is 5.96 Å². The molecule has 0 aliphatic heterocycles. The number of amides is 3. The van der Waals surface area contributed by atoms with E-state index in [2.05, 4.69) is 20.9 Å². The summed E-state index contributed by atoms with van der Waals surface area (Å²) in [6.07, 6.45) is 0.463. The molecule has 0 aromatic heterocycles. The topological polar surface area (TPSA) is 235 Å². The van der Waals surface area contributed by atoms with Crippen LogP contribution in [0.2, 0.25) is 0 Å². The third-order valence-corrected chi connectivity index (χ3v) is 3.28. The van der Waals surface area contributed by atoms with Gasteiger partial charge in [0.05, 0.1) is 6.61 Å². The molecule has 13 heteroatoms. The van der Waals surface area contributed by atoms with E-state index in [4.69, 9.17) is 27.4 Å². The molecule has 0 fully saturated rings. The minimum Gasteiger partial charge on any atom is -0.480 e. The molecule has 27 heavy (non-hydrogen) atoms. The Hall–Kier alpha value is -2.93. The van der Waals surface area contributed by atoms with Crippen molar-refractivity contribution in [1.82, 2.24) is 16.0 Å². The fraction of sp³-hybridized carbons (Fsp3) is 0.643. The summed E-state index contributed by atoms with van der Waals surface area (Å²) in [5.74, 6) is -3.50. The van der Waals surface area contributed by atoms with Gasteiger partial charge in [-0.3, -0.25) is 24.2 Å². The van der Waals surface area contributed by atoms with Crippen LogP contribution in [0.25, 0.3) is 0 Å². The molecule has 0 rings (SSSR count). The van der Waals surface area contributed by atoms with Gasteiger partial charge < -0.3 is 43.4 Å². The summed E-state index contributed by atoms with van der Waals surface area (Å²) in [4.78, 5) is 50.2. The lowest BCUT2D eigenvalue weighted by Gasteiger charge is -2.21. The van der Waals surface area contributed by atoms with Crippen LogP contribution in [0.3, 0.4) is 0 Å². The smallest absolute Gasteiger partial charge is 0.322 e. The average molecular weight is 389 g/mol. The Bertz CT molecular complexity index is 564. The van der Waals surface area contributed by atoms with Gasteiger partial charge in [-0.05, 0) is 19.8 Å². The molecule has 0 aromatic carbocycles. The number of hydrogen-bond acceptors (Lipinski definition) is 7. The second-order valence-electron chi connectivity index (χ2n) is 5.64. The second-order valence-corrected chi connectivity index (χ2v) is 5.64. The maximum Gasteiger partial charge on any atom is 0.322 e. The van der Waals surface area contributed by atoms with Crippen LogP contribution in [0.4, 0.5) is 0 Å². The molecule has 0 aliphatic carbocycles. The van der Waals surface area contributed by atoms with Gasteiger partial charge in [0.1, 0.15) is 24.7 Å². The zero-order valence-electron chi connectivity index (χ0n) is 15.0. The van der Waals surface area contributed by atoms with Gasteiger partial charge in [0.2, 0.25) is 17.7 Å². The molecule has 11 N–H and O–H groups in total. The highest BCUT2D eigenvalue weighted by Crippen LogP contribution is 2.00. The maximum absolute atomic E-state index is 12.2. The van der Waals surface area contributed by atoms with E-state index in [1.54, 1.807) is 0 Å². The monoisotopic (exact) mass is 389 g/mol. The van der Waals surface area contributed by atoms with Crippen molar-refractivity contribution in [2.75, 3.05) is 19.7 Å². The van der Waals surface area contributed by atoms with Gasteiger partial charge in [-0.25, -0.2) is 0 Å². The quantitative estimate of drug-likeness (QED) is 0.0911. The Morgan fingerprint density at radius 3 is 2.22 bits per heavy atom. The summed E-state index contributed by atoms with van der Waals surface area (Å²) in [6.45, 7) is 0.365. The van der Waals surface area contributed by atoms with Crippen LogP contribution in [-0.2, 0) is 19.2 Å². The molecular weight excluding hydrogens is 362 g/mol. The zero-order chi connectivity index (χ0) is 21.0. The number of rotatable bonds is 12. The molecule has 0 saturated carbocycles. The van der Waals surface area contributed by atoms with Crippen LogP contribution in [0, 0.1) is 0 Å². The average Bonchev–Trinajstić information content (AvgIpc) is 2.60. The molecule has 3 amide bonds. The number of hydrogen-bond donors (Lipinski definition) is 8. The van der Waals surface area contributed by atoms with Crippen LogP contribution in [0.5, 0.6) is 0 Å². The third kappa shape index (κ3) is 10.6. The molecule has 0 radical (unpaired) electrons. The van der Waals surface area contributed by atoms with E-state index >= 15 is 0 Å². The number of guanidine groups is 1. The number of carbonyl (C=O) groups is 4. The lowest BCUT2D eigenvalue weighted by atomic mass is 10.1. The minimum absolute atomic E-state index is 0.123. The van der Waals surface area contributed by atoms with Gasteiger partial charge >= 0.3 is 5.97 Å². The number of nitrogens with two attached hydrogens (primary N) is 3. The predicted octanol–water partition coefficient (Wildman–Crippen LogP) is -4.45. The molecule has 154 valence electrons. The zero-order valence-corrected chi connectivity index (χ0v) is 15.0. The van der Waals surface area contributed by atoms with Crippen molar-refractivity contribution >= 4 is 29.7 Å². The van der Waals surface area contributed by atoms with Gasteiger partial charge in [0.25, 0.3) is 0 Å². The highest BCUT2D eigenvalue weighted by atomic mass is 16.4. The Labute approximate surface area is 155 Å². The summed E-state index contributed by atoms with van der Waals surface area (Å²) >= 11 is 0. The molecule has 0 aliphatic rings. The largest absolute Gasteiger partial charge is 0.480 e. The number of aliphatic hydroxyl groups excluding tert-OH is 1. The second kappa shape index (κ2) is 12.4. The van der Waals surface area contributed by atoms with Crippen molar-refractivity contribution in [3.05, 3.63) is 0 Å². The molecule has 0 bridgehead atoms. The normalized spacial score (nSPS) is 13.6. The number of aliphatic hydroxyl groups is 1. The summed E-state index contributed by atoms with van der Waals surface area (Å²) in [5.41, 5.74) is 15.7. The van der Waals surface area contributed by atoms with Gasteiger partial charge in [-0.15, -0.1) is 0 Å². The van der Waals surface area contributed by atoms with E-state index in [1.807, 2.05) is 0 Å². The standard InChI is InChI=1S/C14H27N7O6/c1-7(20-12(26)8(15)6-22)11(25)21-9(3-2-4-18-14(16)17)13(27)19-5-10(23)24/h7-9,22H,2-6,15H2,1H3,(H,19,27)(H,20,26)(H,21,25)(H,23,24)(H4,16,17,18). The van der Waals surface area contributed by atoms with Gasteiger partial charge in [-0.2, -0.15) is 0 Å². The molecule has 0 spiro atoms. The number of nitrogens with one attached hydrogen (secondary N) is 3. The first-order chi connectivity index (χ1) is 12.6. The SMILES string of the molecule is CC(NC(=O)C(N)CO)C(=O)NC(CCCN=C(N)N)C(=O)NCC(=O)O. The molecule has 13 nitrogen and oxygen atoms in total. The van der Waals surface area contributed by atoms with E-state index < -0.39 is 55.0 Å². The predicted molar refractivity (Wildman–Crippen MR) is 95.2 cm³/mol. The fourth-order valence-corrected chi connectivity index (χ4v) is 1.82. The highest BCUT2D eigenvalue weighted by molar-refractivity contribution is 5.93. The lowest BCUT2D eigenvalue weighted by molar-refractivity contribution is -0.138. The summed E-state index contributed by atoms with van der Waals surface area (Å²) in [5, 5.41) is 24.3. The number of aliphatic imine (C=N–C) groups is 1. The van der Waals surface area contributed by atoms with E-state index in [9.17, 15) is 19.2 Å². The van der Waals surface area contributed by atoms with Crippen LogP contribution in [0.15, 0.2) is 4.99 Å². The number of aliphatic carboxylic acids is 1. The number of carbonyl (C=O) groups excluding carboxylic acids is 3. The molecule has 0 heterocycles. The first-order valence-electron chi connectivity index (χ1n) is 8.10. The molecule has 0 saturated heterocycles. The van der Waals surface area contributed by atoms with E-state index in [0.29, 0.717) is 6.42 Å².